The molecule has 4 heterocycles. The van der Waals surface area contributed by atoms with Crippen LogP contribution in [0.2, 0.25) is 0 Å². The highest BCUT2D eigenvalue weighted by molar-refractivity contribution is 8.02. The van der Waals surface area contributed by atoms with Gasteiger partial charge in [0.2, 0.25) is 0 Å². The van der Waals surface area contributed by atoms with Crippen LogP contribution in [0.1, 0.15) is 21.6 Å². The van der Waals surface area contributed by atoms with E-state index in [1.54, 1.807) is 35.7 Å². The van der Waals surface area contributed by atoms with Gasteiger partial charge in [0.15, 0.2) is 29.8 Å². The maximum atomic E-state index is 13.0. The molecule has 0 bridgehead atoms. The van der Waals surface area contributed by atoms with Crippen LogP contribution in [0.5, 0.6) is 0 Å². The van der Waals surface area contributed by atoms with Crippen molar-refractivity contribution >= 4 is 69.5 Å². The molecule has 0 radical (unpaired) electrons. The second kappa shape index (κ2) is 12.7. The molecular weight excluding hydrogens is 617 g/mol. The van der Waals surface area contributed by atoms with Crippen LogP contribution in [0.15, 0.2) is 87.0 Å². The summed E-state index contributed by atoms with van der Waals surface area (Å²) < 4.78 is 1.85. The average Bonchev–Trinajstić information content (AvgIpc) is 3.42. The van der Waals surface area contributed by atoms with E-state index in [2.05, 4.69) is 15.5 Å². The Morgan fingerprint density at radius 2 is 1.93 bits per heavy atom. The number of β-lactam (4-membered cyclic amide) rings is 1. The molecule has 1 saturated heterocycles. The summed E-state index contributed by atoms with van der Waals surface area (Å²) in [6, 6.07) is 9.49. The highest BCUT2D eigenvalue weighted by atomic mass is 32.2. The molecule has 1 aromatic carbocycles. The van der Waals surface area contributed by atoms with E-state index in [0.29, 0.717) is 17.7 Å². The summed E-state index contributed by atoms with van der Waals surface area (Å²) in [4.78, 5) is 55.2. The first-order chi connectivity index (χ1) is 20.7. The van der Waals surface area contributed by atoms with Crippen molar-refractivity contribution in [3.05, 3.63) is 93.7 Å². The van der Waals surface area contributed by atoms with Gasteiger partial charge < -0.3 is 26.5 Å². The molecule has 2 amide bonds. The lowest BCUT2D eigenvalue weighted by Gasteiger charge is -2.49. The van der Waals surface area contributed by atoms with Crippen LogP contribution < -0.4 is 15.6 Å². The molecule has 5 rings (SSSR count). The molecule has 0 aliphatic carbocycles. The fourth-order valence-corrected chi connectivity index (χ4v) is 7.01. The van der Waals surface area contributed by atoms with Crippen molar-refractivity contribution in [2.75, 3.05) is 11.5 Å². The number of oxime groups is 1. The molecule has 0 unspecified atom stereocenters. The Hall–Kier alpha value is -4.67. The van der Waals surface area contributed by atoms with Gasteiger partial charge in [-0.05, 0) is 23.1 Å². The molecule has 1 fully saturated rings. The summed E-state index contributed by atoms with van der Waals surface area (Å²) >= 11 is 3.70. The minimum Gasteiger partial charge on any atom is -0.478 e. The Balaban J connectivity index is 1.23. The lowest BCUT2D eigenvalue weighted by molar-refractivity contribution is -0.688. The van der Waals surface area contributed by atoms with Crippen LogP contribution in [0.25, 0.3) is 0 Å². The number of nitrogens with two attached hydrogens (primary N) is 1. The van der Waals surface area contributed by atoms with E-state index in [-0.39, 0.29) is 27.8 Å². The Kier molecular flexibility index (Phi) is 8.79. The number of allylic oxidation sites excluding steroid dienone is 1. The van der Waals surface area contributed by atoms with E-state index >= 15 is 0 Å². The normalized spacial score (nSPS) is 18.4. The minimum atomic E-state index is -1.27. The Labute approximate surface area is 256 Å². The van der Waals surface area contributed by atoms with E-state index in [1.807, 2.05) is 29.1 Å². The van der Waals surface area contributed by atoms with Crippen molar-refractivity contribution in [2.24, 2.45) is 5.16 Å². The smallest absolute Gasteiger partial charge is 0.352 e. The number of hydrogen-bond acceptors (Lipinski definition) is 11. The van der Waals surface area contributed by atoms with Gasteiger partial charge in [0.05, 0.1) is 5.56 Å². The standard InChI is InChI=1S/C27H22N6O7S3/c28-27-29-18(13-43-27)19(31-40)22(34)30-20-23(35)33-21(26(38)39)15(12-42-24(20)33)7-10-41-16-5-8-32(9-6-16)11-14-3-1-2-4-17(14)25(36)37/h1-10,13,20,24H,11-12H2,(H5-,28,29,30,34,36,37,38,39,40)/p+1/b10-7+/t20-,24-/m1/s1. The highest BCUT2D eigenvalue weighted by Gasteiger charge is 2.54. The van der Waals surface area contributed by atoms with E-state index < -0.39 is 40.9 Å². The largest absolute Gasteiger partial charge is 0.478 e. The van der Waals surface area contributed by atoms with Crippen LogP contribution in [0, 0.1) is 0 Å². The number of aromatic nitrogens is 2. The van der Waals surface area contributed by atoms with Crippen molar-refractivity contribution < 1.29 is 39.2 Å². The number of thiazole rings is 1. The highest BCUT2D eigenvalue weighted by Crippen LogP contribution is 2.41. The first-order valence-corrected chi connectivity index (χ1v) is 15.3. The van der Waals surface area contributed by atoms with Gasteiger partial charge >= 0.3 is 11.9 Å². The van der Waals surface area contributed by atoms with E-state index in [9.17, 15) is 34.6 Å². The number of nitrogen functional groups attached to an aromatic ring is 1. The molecule has 220 valence electrons. The number of fused-ring (bicyclic) bond motifs is 1. The number of hydrogen-bond donors (Lipinski definition) is 5. The number of aliphatic carboxylic acids is 1. The van der Waals surface area contributed by atoms with Gasteiger partial charge in [0.25, 0.3) is 11.8 Å². The summed E-state index contributed by atoms with van der Waals surface area (Å²) in [5.41, 5.74) is 6.41. The number of anilines is 1. The molecular formula is C27H23N6O7S3+. The van der Waals surface area contributed by atoms with Gasteiger partial charge in [0, 0.05) is 33.7 Å². The third-order valence-corrected chi connectivity index (χ3v) is 9.29. The molecule has 2 aliphatic heterocycles. The maximum Gasteiger partial charge on any atom is 0.352 e. The lowest BCUT2D eigenvalue weighted by Crippen LogP contribution is -2.71. The number of nitrogens with one attached hydrogen (secondary N) is 1. The zero-order valence-corrected chi connectivity index (χ0v) is 24.4. The zero-order chi connectivity index (χ0) is 30.7. The Bertz CT molecular complexity index is 1700. The van der Waals surface area contributed by atoms with Gasteiger partial charge in [-0.2, -0.15) is 0 Å². The second-order valence-electron chi connectivity index (χ2n) is 9.15. The topological polar surface area (TPSA) is 199 Å². The average molecular weight is 640 g/mol. The SMILES string of the molecule is Nc1nc(C(=NO)C(=O)N[C@@H]2C(=O)N3C(C(=O)O)=C(/C=C/Sc4cc[n+](Cc5ccccc5C(=O)O)cc4)CS[C@H]23)cs1. The summed E-state index contributed by atoms with van der Waals surface area (Å²) in [6.07, 6.45) is 5.28. The number of amides is 2. The Morgan fingerprint density at radius 1 is 1.19 bits per heavy atom. The minimum absolute atomic E-state index is 0.0511. The first-order valence-electron chi connectivity index (χ1n) is 12.5. The summed E-state index contributed by atoms with van der Waals surface area (Å²) in [5.74, 6) is -3.43. The predicted molar refractivity (Wildman–Crippen MR) is 159 cm³/mol. The third kappa shape index (κ3) is 6.25. The van der Waals surface area contributed by atoms with E-state index in [4.69, 9.17) is 5.73 Å². The van der Waals surface area contributed by atoms with Gasteiger partial charge in [-0.15, -0.1) is 23.1 Å². The summed E-state index contributed by atoms with van der Waals surface area (Å²) in [6.45, 7) is 0.384. The molecule has 0 saturated carbocycles. The summed E-state index contributed by atoms with van der Waals surface area (Å²) in [5, 5.41) is 36.8. The quantitative estimate of drug-likeness (QED) is 0.0543. The van der Waals surface area contributed by atoms with E-state index in [0.717, 1.165) is 21.1 Å². The second-order valence-corrected chi connectivity index (χ2v) is 12.1. The third-order valence-electron chi connectivity index (χ3n) is 6.50. The molecule has 13 nitrogen and oxygen atoms in total. The van der Waals surface area contributed by atoms with Crippen LogP contribution in [-0.4, -0.2) is 71.9 Å². The fraction of sp³-hybridized carbons (Fsp3) is 0.148. The fourth-order valence-electron chi connectivity index (χ4n) is 4.48. The predicted octanol–water partition coefficient (Wildman–Crippen LogP) is 1.98. The number of nitrogens with zero attached hydrogens (tertiary/aromatic N) is 4. The number of carbonyl (C=O) groups is 4. The van der Waals surface area contributed by atoms with Gasteiger partial charge in [-0.25, -0.2) is 19.1 Å². The number of carboxylic acids is 2. The van der Waals surface area contributed by atoms with Crippen molar-refractivity contribution in [3.63, 3.8) is 0 Å². The number of rotatable bonds is 10. The van der Waals surface area contributed by atoms with Gasteiger partial charge in [-0.3, -0.25) is 14.5 Å². The molecule has 43 heavy (non-hydrogen) atoms. The number of carboxylic acid groups (broad SMARTS) is 2. The van der Waals surface area contributed by atoms with Crippen molar-refractivity contribution in [3.8, 4) is 0 Å². The van der Waals surface area contributed by atoms with E-state index in [1.165, 1.54) is 28.9 Å². The molecule has 3 aromatic rings. The molecule has 16 heteroatoms. The van der Waals surface area contributed by atoms with Crippen LogP contribution in [0.3, 0.4) is 0 Å². The number of pyridine rings is 1. The Morgan fingerprint density at radius 3 is 2.58 bits per heavy atom. The van der Waals surface area contributed by atoms with Gasteiger partial charge in [0.1, 0.15) is 22.8 Å². The van der Waals surface area contributed by atoms with Crippen LogP contribution >= 0.6 is 34.9 Å². The number of aromatic carboxylic acids is 1. The van der Waals surface area contributed by atoms with Crippen molar-refractivity contribution in [1.82, 2.24) is 15.2 Å². The van der Waals surface area contributed by atoms with Crippen molar-refractivity contribution in [1.29, 1.82) is 0 Å². The zero-order valence-electron chi connectivity index (χ0n) is 22.0. The van der Waals surface area contributed by atoms with Gasteiger partial charge in [-0.1, -0.05) is 35.1 Å². The molecule has 2 atom stereocenters. The lowest BCUT2D eigenvalue weighted by atomic mass is 10.0. The monoisotopic (exact) mass is 639 g/mol. The first kappa shape index (κ1) is 29.8. The molecule has 0 spiro atoms. The maximum absolute atomic E-state index is 13.0. The number of benzene rings is 1. The molecule has 2 aliphatic rings. The van der Waals surface area contributed by atoms with Crippen LogP contribution in [0.4, 0.5) is 5.13 Å². The number of thioether (sulfide) groups is 2. The van der Waals surface area contributed by atoms with Crippen molar-refractivity contribution in [2.45, 2.75) is 22.9 Å². The van der Waals surface area contributed by atoms with Crippen LogP contribution in [-0.2, 0) is 20.9 Å². The molecule has 6 N–H and O–H groups in total. The summed E-state index contributed by atoms with van der Waals surface area (Å²) in [7, 11) is 0. The molecule has 2 aromatic heterocycles. The number of carbonyl (C=O) groups excluding carboxylic acids is 2.